The fraction of sp³-hybridized carbons (Fsp3) is 0.167. The summed E-state index contributed by atoms with van der Waals surface area (Å²) >= 11 is 0. The summed E-state index contributed by atoms with van der Waals surface area (Å²) in [5, 5.41) is 7.28. The van der Waals surface area contributed by atoms with Gasteiger partial charge in [-0.2, -0.15) is 18.3 Å². The van der Waals surface area contributed by atoms with Crippen molar-refractivity contribution in [3.05, 3.63) is 36.0 Å². The van der Waals surface area contributed by atoms with E-state index in [1.807, 2.05) is 0 Å². The molecular weight excluding hydrogens is 259 g/mol. The Balaban J connectivity index is 2.54. The lowest BCUT2D eigenvalue weighted by Gasteiger charge is -2.11. The number of hydrogen-bond acceptors (Lipinski definition) is 4. The molecular formula is C12H10F3N3O. The smallest absolute Gasteiger partial charge is 0.416 e. The van der Waals surface area contributed by atoms with Gasteiger partial charge in [0.1, 0.15) is 5.69 Å². The normalized spacial score (nSPS) is 11.4. The monoisotopic (exact) mass is 269 g/mol. The van der Waals surface area contributed by atoms with Crippen LogP contribution in [0, 0.1) is 0 Å². The van der Waals surface area contributed by atoms with Crippen LogP contribution in [0.2, 0.25) is 0 Å². The van der Waals surface area contributed by atoms with Gasteiger partial charge in [-0.3, -0.25) is 0 Å². The summed E-state index contributed by atoms with van der Waals surface area (Å²) in [6, 6.07) is 4.82. The van der Waals surface area contributed by atoms with Gasteiger partial charge >= 0.3 is 6.18 Å². The number of benzene rings is 1. The van der Waals surface area contributed by atoms with Crippen LogP contribution >= 0.6 is 0 Å². The minimum Gasteiger partial charge on any atom is -0.478 e. The molecule has 0 radical (unpaired) electrons. The predicted octanol–water partition coefficient (Wildman–Crippen LogP) is 2.75. The highest BCUT2D eigenvalue weighted by atomic mass is 19.4. The molecule has 0 saturated heterocycles. The molecule has 0 saturated carbocycles. The number of hydrogen-bond donors (Lipinski definition) is 1. The Bertz CT molecular complexity index is 599. The average molecular weight is 269 g/mol. The van der Waals surface area contributed by atoms with Crippen molar-refractivity contribution in [1.82, 2.24) is 10.2 Å². The molecule has 100 valence electrons. The third-order valence-corrected chi connectivity index (χ3v) is 2.55. The first-order valence-corrected chi connectivity index (χ1v) is 5.26. The summed E-state index contributed by atoms with van der Waals surface area (Å²) in [5.74, 6) is 0.0786. The van der Waals surface area contributed by atoms with Crippen molar-refractivity contribution in [3.63, 3.8) is 0 Å². The van der Waals surface area contributed by atoms with Gasteiger partial charge in [-0.05, 0) is 17.7 Å². The Morgan fingerprint density at radius 2 is 2.00 bits per heavy atom. The molecule has 2 rings (SSSR count). The van der Waals surface area contributed by atoms with Crippen LogP contribution in [-0.4, -0.2) is 17.3 Å². The quantitative estimate of drug-likeness (QED) is 0.910. The SMILES string of the molecule is COc1nncc(-c2cccc(C(F)(F)F)c2)c1N. The van der Waals surface area contributed by atoms with Crippen LogP contribution in [-0.2, 0) is 6.18 Å². The molecule has 0 bridgehead atoms. The van der Waals surface area contributed by atoms with E-state index in [1.165, 1.54) is 25.4 Å². The van der Waals surface area contributed by atoms with Crippen LogP contribution in [0.15, 0.2) is 30.5 Å². The molecule has 0 atom stereocenters. The molecule has 1 heterocycles. The topological polar surface area (TPSA) is 61.0 Å². The summed E-state index contributed by atoms with van der Waals surface area (Å²) in [6.45, 7) is 0. The standard InChI is InChI=1S/C12H10F3N3O/c1-19-11-10(16)9(6-17-18-11)7-3-2-4-8(5-7)12(13,14)15/h2-6H,1H3,(H2,16,17). The predicted molar refractivity (Wildman–Crippen MR) is 63.4 cm³/mol. The summed E-state index contributed by atoms with van der Waals surface area (Å²) in [6.07, 6.45) is -3.11. The molecule has 2 N–H and O–H groups in total. The van der Waals surface area contributed by atoms with Crippen molar-refractivity contribution in [2.24, 2.45) is 0 Å². The molecule has 7 heteroatoms. The van der Waals surface area contributed by atoms with Crippen LogP contribution < -0.4 is 10.5 Å². The zero-order valence-corrected chi connectivity index (χ0v) is 9.90. The summed E-state index contributed by atoms with van der Waals surface area (Å²) < 4.78 is 42.8. The maximum atomic E-state index is 12.6. The minimum atomic E-state index is -4.41. The first kappa shape index (κ1) is 13.1. The van der Waals surface area contributed by atoms with Crippen molar-refractivity contribution >= 4 is 5.69 Å². The Kier molecular flexibility index (Phi) is 3.28. The second-order valence-electron chi connectivity index (χ2n) is 3.76. The maximum Gasteiger partial charge on any atom is 0.416 e. The van der Waals surface area contributed by atoms with E-state index >= 15 is 0 Å². The molecule has 1 aromatic heterocycles. The van der Waals surface area contributed by atoms with Gasteiger partial charge in [0.15, 0.2) is 0 Å². The first-order valence-electron chi connectivity index (χ1n) is 5.26. The second-order valence-corrected chi connectivity index (χ2v) is 3.76. The number of nitrogens with zero attached hydrogens (tertiary/aromatic N) is 2. The summed E-state index contributed by atoms with van der Waals surface area (Å²) in [7, 11) is 1.36. The molecule has 0 amide bonds. The number of methoxy groups -OCH3 is 1. The van der Waals surface area contributed by atoms with Gasteiger partial charge in [0.2, 0.25) is 0 Å². The van der Waals surface area contributed by atoms with E-state index in [1.54, 1.807) is 0 Å². The number of anilines is 1. The van der Waals surface area contributed by atoms with Gasteiger partial charge in [0, 0.05) is 5.56 Å². The van der Waals surface area contributed by atoms with Crippen molar-refractivity contribution in [2.75, 3.05) is 12.8 Å². The van der Waals surface area contributed by atoms with Crippen LogP contribution in [0.1, 0.15) is 5.56 Å². The number of nitrogens with two attached hydrogens (primary N) is 1. The van der Waals surface area contributed by atoms with E-state index < -0.39 is 11.7 Å². The second kappa shape index (κ2) is 4.75. The van der Waals surface area contributed by atoms with Gasteiger partial charge in [0.05, 0.1) is 18.9 Å². The lowest BCUT2D eigenvalue weighted by Crippen LogP contribution is -2.05. The molecule has 2 aromatic rings. The van der Waals surface area contributed by atoms with Gasteiger partial charge in [0.25, 0.3) is 5.88 Å². The lowest BCUT2D eigenvalue weighted by atomic mass is 10.0. The van der Waals surface area contributed by atoms with E-state index in [9.17, 15) is 13.2 Å². The van der Waals surface area contributed by atoms with E-state index in [0.717, 1.165) is 12.1 Å². The number of nitrogen functional groups attached to an aromatic ring is 1. The van der Waals surface area contributed by atoms with Gasteiger partial charge in [-0.25, -0.2) is 0 Å². The number of alkyl halides is 3. The molecule has 1 aromatic carbocycles. The molecule has 19 heavy (non-hydrogen) atoms. The highest BCUT2D eigenvalue weighted by Gasteiger charge is 2.30. The molecule has 0 aliphatic heterocycles. The van der Waals surface area contributed by atoms with Crippen molar-refractivity contribution in [3.8, 4) is 17.0 Å². The Morgan fingerprint density at radius 3 is 2.63 bits per heavy atom. The van der Waals surface area contributed by atoms with E-state index in [4.69, 9.17) is 10.5 Å². The summed E-state index contributed by atoms with van der Waals surface area (Å²) in [5.41, 5.74) is 5.83. The van der Waals surface area contributed by atoms with E-state index in [-0.39, 0.29) is 11.6 Å². The van der Waals surface area contributed by atoms with Gasteiger partial charge in [-0.15, -0.1) is 5.10 Å². The number of rotatable bonds is 2. The molecule has 0 unspecified atom stereocenters. The third kappa shape index (κ3) is 2.59. The van der Waals surface area contributed by atoms with Crippen LogP contribution in [0.3, 0.4) is 0 Å². The van der Waals surface area contributed by atoms with Crippen molar-refractivity contribution in [2.45, 2.75) is 6.18 Å². The minimum absolute atomic E-state index is 0.0786. The fourth-order valence-corrected chi connectivity index (χ4v) is 1.62. The molecule has 4 nitrogen and oxygen atoms in total. The zero-order valence-electron chi connectivity index (χ0n) is 9.90. The highest BCUT2D eigenvalue weighted by Crippen LogP contribution is 2.35. The molecule has 0 fully saturated rings. The van der Waals surface area contributed by atoms with Crippen molar-refractivity contribution in [1.29, 1.82) is 0 Å². The number of ether oxygens (including phenoxy) is 1. The Labute approximate surface area is 107 Å². The zero-order chi connectivity index (χ0) is 14.0. The molecule has 0 aliphatic carbocycles. The van der Waals surface area contributed by atoms with Crippen molar-refractivity contribution < 1.29 is 17.9 Å². The third-order valence-electron chi connectivity index (χ3n) is 2.55. The maximum absolute atomic E-state index is 12.6. The molecule has 0 aliphatic rings. The summed E-state index contributed by atoms with van der Waals surface area (Å²) in [4.78, 5) is 0. The lowest BCUT2D eigenvalue weighted by molar-refractivity contribution is -0.137. The van der Waals surface area contributed by atoms with Crippen LogP contribution in [0.25, 0.3) is 11.1 Å². The van der Waals surface area contributed by atoms with E-state index in [2.05, 4.69) is 10.2 Å². The van der Waals surface area contributed by atoms with Crippen LogP contribution in [0.5, 0.6) is 5.88 Å². The highest BCUT2D eigenvalue weighted by molar-refractivity contribution is 5.78. The largest absolute Gasteiger partial charge is 0.478 e. The Hall–Kier alpha value is -2.31. The van der Waals surface area contributed by atoms with Crippen LogP contribution in [0.4, 0.5) is 18.9 Å². The molecule has 0 spiro atoms. The number of halogens is 3. The Morgan fingerprint density at radius 1 is 1.26 bits per heavy atom. The fourth-order valence-electron chi connectivity index (χ4n) is 1.62. The first-order chi connectivity index (χ1) is 8.93. The van der Waals surface area contributed by atoms with E-state index in [0.29, 0.717) is 11.1 Å². The van der Waals surface area contributed by atoms with Gasteiger partial charge < -0.3 is 10.5 Å². The number of aromatic nitrogens is 2. The average Bonchev–Trinajstić information content (AvgIpc) is 2.38. The van der Waals surface area contributed by atoms with Gasteiger partial charge in [-0.1, -0.05) is 12.1 Å².